The van der Waals surface area contributed by atoms with E-state index in [2.05, 4.69) is 10.6 Å². The molecule has 0 spiro atoms. The summed E-state index contributed by atoms with van der Waals surface area (Å²) in [4.78, 5) is 22.9. The molecule has 0 aromatic heterocycles. The minimum absolute atomic E-state index is 0.0624. The third-order valence-electron chi connectivity index (χ3n) is 4.02. The molecule has 2 amide bonds. The summed E-state index contributed by atoms with van der Waals surface area (Å²) >= 11 is 0. The van der Waals surface area contributed by atoms with E-state index in [4.69, 9.17) is 5.11 Å². The van der Waals surface area contributed by atoms with E-state index >= 15 is 0 Å². The molecular weight excluding hydrogens is 275 g/mol. The number of rotatable bonds is 5. The molecule has 0 bridgehead atoms. The Balaban J connectivity index is 1.66. The van der Waals surface area contributed by atoms with Crippen molar-refractivity contribution in [2.24, 2.45) is 11.8 Å². The Kier molecular flexibility index (Phi) is 3.53. The Bertz CT molecular complexity index is 570. The maximum absolute atomic E-state index is 13.6. The van der Waals surface area contributed by atoms with Crippen LogP contribution < -0.4 is 10.6 Å². The number of carbonyl (C=O) groups is 2. The van der Waals surface area contributed by atoms with Crippen molar-refractivity contribution < 1.29 is 19.1 Å². The van der Waals surface area contributed by atoms with E-state index in [9.17, 15) is 14.0 Å². The van der Waals surface area contributed by atoms with Crippen LogP contribution in [0.25, 0.3) is 0 Å². The van der Waals surface area contributed by atoms with Gasteiger partial charge in [0.05, 0.1) is 11.3 Å². The first-order chi connectivity index (χ1) is 10.0. The highest BCUT2D eigenvalue weighted by molar-refractivity contribution is 5.93. The molecule has 0 aliphatic heterocycles. The van der Waals surface area contributed by atoms with E-state index in [0.717, 1.165) is 43.9 Å². The van der Waals surface area contributed by atoms with Crippen LogP contribution in [0.15, 0.2) is 18.2 Å². The van der Waals surface area contributed by atoms with Gasteiger partial charge in [0.25, 0.3) is 0 Å². The molecule has 0 radical (unpaired) electrons. The predicted molar refractivity (Wildman–Crippen MR) is 74.7 cm³/mol. The molecule has 1 aromatic carbocycles. The summed E-state index contributed by atoms with van der Waals surface area (Å²) < 4.78 is 13.6. The smallest absolute Gasteiger partial charge is 0.335 e. The Morgan fingerprint density at radius 3 is 2.33 bits per heavy atom. The summed E-state index contributed by atoms with van der Waals surface area (Å²) in [5, 5.41) is 14.2. The van der Waals surface area contributed by atoms with Gasteiger partial charge in [-0.1, -0.05) is 0 Å². The lowest BCUT2D eigenvalue weighted by Gasteiger charge is -2.18. The van der Waals surface area contributed by atoms with Gasteiger partial charge in [0.15, 0.2) is 0 Å². The van der Waals surface area contributed by atoms with Gasteiger partial charge in [-0.15, -0.1) is 0 Å². The molecule has 2 fully saturated rings. The van der Waals surface area contributed by atoms with Gasteiger partial charge in [-0.05, 0) is 55.7 Å². The summed E-state index contributed by atoms with van der Waals surface area (Å²) in [7, 11) is 0. The average Bonchev–Trinajstić information content (AvgIpc) is 3.31. The van der Waals surface area contributed by atoms with Gasteiger partial charge >= 0.3 is 12.0 Å². The number of benzene rings is 1. The minimum atomic E-state index is -1.16. The topological polar surface area (TPSA) is 78.4 Å². The van der Waals surface area contributed by atoms with Gasteiger partial charge < -0.3 is 15.7 Å². The number of anilines is 1. The highest BCUT2D eigenvalue weighted by atomic mass is 19.1. The Hall–Kier alpha value is -2.11. The van der Waals surface area contributed by atoms with Gasteiger partial charge in [0.2, 0.25) is 0 Å². The Morgan fingerprint density at radius 1 is 1.19 bits per heavy atom. The van der Waals surface area contributed by atoms with Crippen LogP contribution in [-0.4, -0.2) is 23.1 Å². The van der Waals surface area contributed by atoms with Gasteiger partial charge in [-0.25, -0.2) is 14.0 Å². The lowest BCUT2D eigenvalue weighted by atomic mass is 10.1. The summed E-state index contributed by atoms with van der Waals surface area (Å²) in [6.45, 7) is 0. The van der Waals surface area contributed by atoms with Gasteiger partial charge in [0.1, 0.15) is 5.82 Å². The molecule has 3 N–H and O–H groups in total. The fourth-order valence-electron chi connectivity index (χ4n) is 2.60. The molecule has 1 aromatic rings. The summed E-state index contributed by atoms with van der Waals surface area (Å²) in [6.07, 6.45) is 4.52. The normalized spacial score (nSPS) is 17.6. The van der Waals surface area contributed by atoms with Gasteiger partial charge in [0, 0.05) is 6.04 Å². The molecule has 0 heterocycles. The van der Waals surface area contributed by atoms with Gasteiger partial charge in [-0.2, -0.15) is 0 Å². The quantitative estimate of drug-likeness (QED) is 0.781. The predicted octanol–water partition coefficient (Wildman–Crippen LogP) is 2.83. The van der Waals surface area contributed by atoms with Crippen molar-refractivity contribution in [2.45, 2.75) is 31.7 Å². The highest BCUT2D eigenvalue weighted by Gasteiger charge is 2.42. The number of carboxylic acid groups (broad SMARTS) is 1. The first-order valence-corrected chi connectivity index (χ1v) is 7.15. The van der Waals surface area contributed by atoms with Crippen molar-refractivity contribution in [2.75, 3.05) is 5.32 Å². The number of hydrogen-bond donors (Lipinski definition) is 3. The summed E-state index contributed by atoms with van der Waals surface area (Å²) in [5.74, 6) is -0.728. The molecule has 0 saturated heterocycles. The number of carboxylic acids is 1. The molecule has 2 aliphatic carbocycles. The maximum atomic E-state index is 13.6. The van der Waals surface area contributed by atoms with Crippen molar-refractivity contribution in [1.29, 1.82) is 0 Å². The third kappa shape index (κ3) is 3.32. The maximum Gasteiger partial charge on any atom is 0.335 e. The van der Waals surface area contributed by atoms with E-state index < -0.39 is 17.8 Å². The number of hydrogen-bond acceptors (Lipinski definition) is 2. The second kappa shape index (κ2) is 5.35. The van der Waals surface area contributed by atoms with Crippen LogP contribution in [0.4, 0.5) is 14.9 Å². The fraction of sp³-hybridized carbons (Fsp3) is 0.467. The minimum Gasteiger partial charge on any atom is -0.478 e. The zero-order valence-corrected chi connectivity index (χ0v) is 11.4. The van der Waals surface area contributed by atoms with E-state index in [1.54, 1.807) is 0 Å². The van der Waals surface area contributed by atoms with Crippen LogP contribution in [0, 0.1) is 17.7 Å². The second-order valence-corrected chi connectivity index (χ2v) is 5.80. The number of amides is 2. The zero-order valence-electron chi connectivity index (χ0n) is 11.4. The van der Waals surface area contributed by atoms with Crippen molar-refractivity contribution in [3.63, 3.8) is 0 Å². The third-order valence-corrected chi connectivity index (χ3v) is 4.02. The Morgan fingerprint density at radius 2 is 1.81 bits per heavy atom. The van der Waals surface area contributed by atoms with Crippen molar-refractivity contribution in [3.05, 3.63) is 29.6 Å². The lowest BCUT2D eigenvalue weighted by molar-refractivity contribution is 0.0697. The van der Waals surface area contributed by atoms with E-state index in [1.807, 2.05) is 0 Å². The highest BCUT2D eigenvalue weighted by Crippen LogP contribution is 2.44. The summed E-state index contributed by atoms with van der Waals surface area (Å²) in [6, 6.07) is 3.02. The molecule has 5 nitrogen and oxygen atoms in total. The first-order valence-electron chi connectivity index (χ1n) is 7.15. The number of carbonyl (C=O) groups excluding carboxylic acids is 1. The second-order valence-electron chi connectivity index (χ2n) is 5.80. The van der Waals surface area contributed by atoms with Crippen LogP contribution in [0.5, 0.6) is 0 Å². The number of aromatic carboxylic acids is 1. The molecule has 112 valence electrons. The van der Waals surface area contributed by atoms with Crippen LogP contribution in [-0.2, 0) is 0 Å². The number of nitrogens with one attached hydrogen (secondary N) is 2. The molecule has 3 rings (SSSR count). The average molecular weight is 292 g/mol. The van der Waals surface area contributed by atoms with Crippen molar-refractivity contribution >= 4 is 17.7 Å². The van der Waals surface area contributed by atoms with E-state index in [-0.39, 0.29) is 17.3 Å². The molecule has 2 aliphatic rings. The van der Waals surface area contributed by atoms with Gasteiger partial charge in [-0.3, -0.25) is 0 Å². The molecule has 21 heavy (non-hydrogen) atoms. The van der Waals surface area contributed by atoms with E-state index in [0.29, 0.717) is 11.8 Å². The monoisotopic (exact) mass is 292 g/mol. The zero-order chi connectivity index (χ0) is 15.0. The van der Waals surface area contributed by atoms with Crippen molar-refractivity contribution in [3.8, 4) is 0 Å². The summed E-state index contributed by atoms with van der Waals surface area (Å²) in [5.41, 5.74) is -0.176. The van der Waals surface area contributed by atoms with Crippen molar-refractivity contribution in [1.82, 2.24) is 5.32 Å². The molecule has 6 heteroatoms. The Labute approximate surface area is 121 Å². The molecule has 2 saturated carbocycles. The standard InChI is InChI=1S/C15H17FN2O3/c16-11-6-5-10(14(19)20)7-12(11)17-15(21)18-13(8-1-2-8)9-3-4-9/h5-9,13H,1-4H2,(H,19,20)(H2,17,18,21). The van der Waals surface area contributed by atoms with Crippen LogP contribution in [0.3, 0.4) is 0 Å². The molecule has 0 atom stereocenters. The fourth-order valence-corrected chi connectivity index (χ4v) is 2.60. The molecular formula is C15H17FN2O3. The van der Waals surface area contributed by atoms with E-state index in [1.165, 1.54) is 0 Å². The number of halogens is 1. The van der Waals surface area contributed by atoms with Crippen LogP contribution in [0.2, 0.25) is 0 Å². The van der Waals surface area contributed by atoms with Crippen LogP contribution >= 0.6 is 0 Å². The first kappa shape index (κ1) is 13.9. The lowest BCUT2D eigenvalue weighted by Crippen LogP contribution is -2.40. The largest absolute Gasteiger partial charge is 0.478 e. The molecule has 0 unspecified atom stereocenters. The number of urea groups is 1. The van der Waals surface area contributed by atoms with Crippen LogP contribution in [0.1, 0.15) is 36.0 Å². The SMILES string of the molecule is O=C(Nc1cc(C(=O)O)ccc1F)NC(C1CC1)C1CC1.